The number of hydrogen-bond donors (Lipinski definition) is 0. The van der Waals surface area contributed by atoms with Gasteiger partial charge in [-0.1, -0.05) is 28.1 Å². The maximum atomic E-state index is 6.07. The van der Waals surface area contributed by atoms with Crippen LogP contribution in [0.2, 0.25) is 0 Å². The Morgan fingerprint density at radius 2 is 1.91 bits per heavy atom. The molecule has 2 nitrogen and oxygen atoms in total. The van der Waals surface area contributed by atoms with E-state index < -0.39 is 0 Å². The van der Waals surface area contributed by atoms with Crippen molar-refractivity contribution in [2.75, 3.05) is 6.61 Å². The summed E-state index contributed by atoms with van der Waals surface area (Å²) in [6.45, 7) is 2.61. The van der Waals surface area contributed by atoms with Crippen LogP contribution in [0.1, 0.15) is 11.3 Å². The van der Waals surface area contributed by atoms with Crippen molar-refractivity contribution in [3.05, 3.63) is 66.2 Å². The van der Waals surface area contributed by atoms with E-state index in [1.807, 2.05) is 19.1 Å². The maximum Gasteiger partial charge on any atom is 0.159 e. The van der Waals surface area contributed by atoms with Gasteiger partial charge in [-0.25, -0.2) is 4.98 Å². The van der Waals surface area contributed by atoms with Crippen LogP contribution in [0.3, 0.4) is 0 Å². The van der Waals surface area contributed by atoms with Crippen LogP contribution >= 0.6 is 54.5 Å². The molecular weight excluding hydrogens is 533 g/mol. The molecule has 3 aromatic rings. The minimum atomic E-state index is 0.616. The number of benzene rings is 2. The Kier molecular flexibility index (Phi) is 5.59. The Labute approximate surface area is 166 Å². The number of rotatable bonds is 4. The molecule has 0 spiro atoms. The molecule has 0 N–H and O–H groups in total. The van der Waals surface area contributed by atoms with Gasteiger partial charge in [0.25, 0.3) is 0 Å². The van der Waals surface area contributed by atoms with Gasteiger partial charge in [-0.2, -0.15) is 0 Å². The van der Waals surface area contributed by atoms with Crippen molar-refractivity contribution >= 4 is 65.4 Å². The van der Waals surface area contributed by atoms with Crippen LogP contribution in [0.5, 0.6) is 5.75 Å². The van der Waals surface area contributed by atoms with Gasteiger partial charge in [-0.15, -0.1) is 0 Å². The first kappa shape index (κ1) is 17.2. The second-order valence-corrected chi connectivity index (χ2v) is 8.20. The quantitative estimate of drug-likeness (QED) is 0.359. The van der Waals surface area contributed by atoms with Gasteiger partial charge in [0, 0.05) is 25.5 Å². The highest BCUT2D eigenvalue weighted by Crippen LogP contribution is 2.37. The highest BCUT2D eigenvalue weighted by molar-refractivity contribution is 14.1. The average molecular weight is 547 g/mol. The van der Waals surface area contributed by atoms with Crippen molar-refractivity contribution in [3.8, 4) is 5.75 Å². The molecule has 0 saturated carbocycles. The predicted octanol–water partition coefficient (Wildman–Crippen LogP) is 6.29. The van der Waals surface area contributed by atoms with Crippen LogP contribution in [0.4, 0.5) is 0 Å². The van der Waals surface area contributed by atoms with E-state index >= 15 is 0 Å². The highest BCUT2D eigenvalue weighted by Gasteiger charge is 2.12. The number of nitrogens with zero attached hydrogens (tertiary/aromatic N) is 1. The average Bonchev–Trinajstić information content (AvgIpc) is 2.50. The van der Waals surface area contributed by atoms with Crippen LogP contribution in [0.15, 0.2) is 51.4 Å². The van der Waals surface area contributed by atoms with Crippen molar-refractivity contribution in [3.63, 3.8) is 0 Å². The summed E-state index contributed by atoms with van der Waals surface area (Å²) in [4.78, 5) is 4.65. The number of fused-ring (bicyclic) bond motifs is 1. The van der Waals surface area contributed by atoms with Crippen molar-refractivity contribution in [1.82, 2.24) is 4.98 Å². The second-order valence-electron chi connectivity index (χ2n) is 5.25. The first-order valence-electron chi connectivity index (χ1n) is 7.17. The Balaban J connectivity index is 1.86. The lowest BCUT2D eigenvalue weighted by Gasteiger charge is -2.13. The van der Waals surface area contributed by atoms with Gasteiger partial charge in [0.05, 0.1) is 11.1 Å². The molecule has 118 valence electrons. The molecule has 0 aliphatic rings. The van der Waals surface area contributed by atoms with Crippen molar-refractivity contribution in [2.24, 2.45) is 0 Å². The smallest absolute Gasteiger partial charge is 0.159 e. The van der Waals surface area contributed by atoms with Crippen molar-refractivity contribution in [2.45, 2.75) is 13.3 Å². The molecule has 0 aliphatic carbocycles. The summed E-state index contributed by atoms with van der Waals surface area (Å²) >= 11 is 9.52. The van der Waals surface area contributed by atoms with Crippen LogP contribution in [0, 0.1) is 10.5 Å². The summed E-state index contributed by atoms with van der Waals surface area (Å²) < 4.78 is 9.24. The topological polar surface area (TPSA) is 22.1 Å². The van der Waals surface area contributed by atoms with Gasteiger partial charge in [-0.05, 0) is 81.3 Å². The molecule has 3 rings (SSSR count). The standard InChI is InChI=1S/C18H14Br2INO/c1-11-5-6-14-15(19)10-16(20)18(17(14)22-11)23-8-7-12-3-2-4-13(21)9-12/h2-6,9-10H,7-8H2,1H3. The fraction of sp³-hybridized carbons (Fsp3) is 0.167. The zero-order chi connectivity index (χ0) is 16.4. The molecule has 0 radical (unpaired) electrons. The molecule has 23 heavy (non-hydrogen) atoms. The monoisotopic (exact) mass is 545 g/mol. The summed E-state index contributed by atoms with van der Waals surface area (Å²) in [5.41, 5.74) is 3.14. The van der Waals surface area contributed by atoms with E-state index in [0.29, 0.717) is 6.61 Å². The van der Waals surface area contributed by atoms with Gasteiger partial charge in [0.2, 0.25) is 0 Å². The third kappa shape index (κ3) is 4.06. The third-order valence-electron chi connectivity index (χ3n) is 3.50. The number of aryl methyl sites for hydroxylation is 1. The van der Waals surface area contributed by atoms with E-state index in [0.717, 1.165) is 37.7 Å². The van der Waals surface area contributed by atoms with E-state index in [2.05, 4.69) is 89.8 Å². The van der Waals surface area contributed by atoms with E-state index in [1.54, 1.807) is 0 Å². The molecular formula is C18H14Br2INO. The molecule has 0 aliphatic heterocycles. The molecule has 0 bridgehead atoms. The zero-order valence-electron chi connectivity index (χ0n) is 12.4. The summed E-state index contributed by atoms with van der Waals surface area (Å²) in [6.07, 6.45) is 0.868. The molecule has 0 fully saturated rings. The summed E-state index contributed by atoms with van der Waals surface area (Å²) in [7, 11) is 0. The Morgan fingerprint density at radius 1 is 1.09 bits per heavy atom. The van der Waals surface area contributed by atoms with Gasteiger partial charge < -0.3 is 4.74 Å². The SMILES string of the molecule is Cc1ccc2c(Br)cc(Br)c(OCCc3cccc(I)c3)c2n1. The minimum absolute atomic E-state index is 0.616. The number of pyridine rings is 1. The molecule has 5 heteroatoms. The van der Waals surface area contributed by atoms with Gasteiger partial charge >= 0.3 is 0 Å². The lowest BCUT2D eigenvalue weighted by Crippen LogP contribution is -2.03. The van der Waals surface area contributed by atoms with Crippen LogP contribution in [-0.2, 0) is 6.42 Å². The van der Waals surface area contributed by atoms with Crippen molar-refractivity contribution < 1.29 is 4.74 Å². The van der Waals surface area contributed by atoms with E-state index in [-0.39, 0.29) is 0 Å². The minimum Gasteiger partial charge on any atom is -0.490 e. The molecule has 0 atom stereocenters. The summed E-state index contributed by atoms with van der Waals surface area (Å²) in [6, 6.07) is 14.6. The van der Waals surface area contributed by atoms with Crippen molar-refractivity contribution in [1.29, 1.82) is 0 Å². The molecule has 0 saturated heterocycles. The zero-order valence-corrected chi connectivity index (χ0v) is 17.8. The lowest BCUT2D eigenvalue weighted by molar-refractivity contribution is 0.323. The van der Waals surface area contributed by atoms with E-state index in [4.69, 9.17) is 4.74 Å². The van der Waals surface area contributed by atoms with Crippen LogP contribution in [0.25, 0.3) is 10.9 Å². The molecule has 0 amide bonds. The third-order valence-corrected chi connectivity index (χ3v) is 5.42. The number of halogens is 3. The maximum absolute atomic E-state index is 6.07. The molecule has 0 unspecified atom stereocenters. The number of hydrogen-bond acceptors (Lipinski definition) is 2. The second kappa shape index (κ2) is 7.49. The lowest BCUT2D eigenvalue weighted by atomic mass is 10.1. The highest BCUT2D eigenvalue weighted by atomic mass is 127. The number of aromatic nitrogens is 1. The summed E-state index contributed by atoms with van der Waals surface area (Å²) in [5.74, 6) is 0.803. The van der Waals surface area contributed by atoms with E-state index in [1.165, 1.54) is 9.13 Å². The van der Waals surface area contributed by atoms with Crippen LogP contribution in [-0.4, -0.2) is 11.6 Å². The Morgan fingerprint density at radius 3 is 2.70 bits per heavy atom. The Hall–Kier alpha value is -0.660. The fourth-order valence-corrected chi connectivity index (χ4v) is 4.39. The fourth-order valence-electron chi connectivity index (χ4n) is 2.39. The molecule has 1 heterocycles. The first-order valence-corrected chi connectivity index (χ1v) is 9.83. The van der Waals surface area contributed by atoms with Crippen LogP contribution < -0.4 is 4.74 Å². The molecule has 2 aromatic carbocycles. The van der Waals surface area contributed by atoms with E-state index in [9.17, 15) is 0 Å². The normalized spacial score (nSPS) is 11.0. The largest absolute Gasteiger partial charge is 0.490 e. The number of ether oxygens (including phenoxy) is 1. The first-order chi connectivity index (χ1) is 11.0. The molecule has 1 aromatic heterocycles. The summed E-state index contributed by atoms with van der Waals surface area (Å²) in [5, 5.41) is 1.06. The van der Waals surface area contributed by atoms with Gasteiger partial charge in [0.15, 0.2) is 5.75 Å². The van der Waals surface area contributed by atoms with Gasteiger partial charge in [0.1, 0.15) is 5.52 Å². The van der Waals surface area contributed by atoms with Gasteiger partial charge in [-0.3, -0.25) is 0 Å². The Bertz CT molecular complexity index is 867. The predicted molar refractivity (Wildman–Crippen MR) is 110 cm³/mol.